The van der Waals surface area contributed by atoms with Crippen molar-refractivity contribution in [2.24, 2.45) is 0 Å². The second-order valence-electron chi connectivity index (χ2n) is 9.59. The summed E-state index contributed by atoms with van der Waals surface area (Å²) in [6.45, 7) is 5.50. The van der Waals surface area contributed by atoms with Gasteiger partial charge < -0.3 is 10.2 Å². The molecule has 7 nitrogen and oxygen atoms in total. The van der Waals surface area contributed by atoms with E-state index in [1.807, 2.05) is 6.92 Å². The molecule has 0 radical (unpaired) electrons. The fraction of sp³-hybridized carbons (Fsp3) is 0.333. The van der Waals surface area contributed by atoms with Crippen LogP contribution < -0.4 is 9.62 Å². The molecular weight excluding hydrogens is 605 g/mol. The van der Waals surface area contributed by atoms with Crippen LogP contribution in [0.2, 0.25) is 15.1 Å². The minimum Gasteiger partial charge on any atom is -0.354 e. The molecule has 2 amide bonds. The number of halogens is 3. The quantitative estimate of drug-likeness (QED) is 0.207. The first-order valence-corrected chi connectivity index (χ1v) is 15.9. The van der Waals surface area contributed by atoms with Gasteiger partial charge in [0.05, 0.1) is 20.6 Å². The minimum absolute atomic E-state index is 0.0221. The van der Waals surface area contributed by atoms with E-state index in [0.717, 1.165) is 17.1 Å². The van der Waals surface area contributed by atoms with Crippen molar-refractivity contribution in [2.45, 2.75) is 57.5 Å². The lowest BCUT2D eigenvalue weighted by Crippen LogP contribution is -2.52. The number of anilines is 1. The molecule has 0 saturated heterocycles. The molecule has 0 aliphatic heterocycles. The van der Waals surface area contributed by atoms with Gasteiger partial charge >= 0.3 is 0 Å². The number of amides is 2. The van der Waals surface area contributed by atoms with Crippen LogP contribution in [0.4, 0.5) is 5.69 Å². The summed E-state index contributed by atoms with van der Waals surface area (Å²) in [6, 6.07) is 16.8. The third-order valence-electron chi connectivity index (χ3n) is 6.59. The van der Waals surface area contributed by atoms with E-state index in [4.69, 9.17) is 34.8 Å². The number of benzene rings is 3. The lowest BCUT2D eigenvalue weighted by molar-refractivity contribution is -0.140. The fourth-order valence-corrected chi connectivity index (χ4v) is 6.44. The average molecular weight is 639 g/mol. The molecule has 0 spiro atoms. The molecule has 0 heterocycles. The SMILES string of the molecule is CCCCNC(=O)C(CC)N(Cc1ccc(Cl)c(Cl)c1)C(=O)CN(c1ccc(Cl)cc1C)S(=O)(=O)c1ccccc1. The first-order valence-electron chi connectivity index (χ1n) is 13.3. The van der Waals surface area contributed by atoms with Gasteiger partial charge in [-0.1, -0.05) is 79.3 Å². The van der Waals surface area contributed by atoms with E-state index >= 15 is 0 Å². The van der Waals surface area contributed by atoms with Crippen molar-refractivity contribution < 1.29 is 18.0 Å². The first-order chi connectivity index (χ1) is 19.5. The van der Waals surface area contributed by atoms with E-state index in [-0.39, 0.29) is 17.3 Å². The van der Waals surface area contributed by atoms with Crippen LogP contribution in [0.15, 0.2) is 71.6 Å². The summed E-state index contributed by atoms with van der Waals surface area (Å²) in [5.41, 5.74) is 1.53. The highest BCUT2D eigenvalue weighted by Gasteiger charge is 2.34. The average Bonchev–Trinajstić information content (AvgIpc) is 2.94. The molecule has 0 aliphatic carbocycles. The van der Waals surface area contributed by atoms with E-state index in [1.54, 1.807) is 68.4 Å². The van der Waals surface area contributed by atoms with Gasteiger partial charge in [0.2, 0.25) is 11.8 Å². The summed E-state index contributed by atoms with van der Waals surface area (Å²) >= 11 is 18.5. The zero-order chi connectivity index (χ0) is 30.2. The van der Waals surface area contributed by atoms with Crippen molar-refractivity contribution in [3.8, 4) is 0 Å². The minimum atomic E-state index is -4.17. The van der Waals surface area contributed by atoms with Gasteiger partial charge in [-0.15, -0.1) is 0 Å². The Balaban J connectivity index is 2.07. The highest BCUT2D eigenvalue weighted by Crippen LogP contribution is 2.30. The van der Waals surface area contributed by atoms with Crippen molar-refractivity contribution in [3.05, 3.63) is 92.9 Å². The lowest BCUT2D eigenvalue weighted by atomic mass is 10.1. The molecule has 3 aromatic rings. The van der Waals surface area contributed by atoms with Crippen LogP contribution >= 0.6 is 34.8 Å². The molecule has 41 heavy (non-hydrogen) atoms. The van der Waals surface area contributed by atoms with E-state index in [1.165, 1.54) is 17.0 Å². The molecule has 220 valence electrons. The van der Waals surface area contributed by atoms with E-state index in [0.29, 0.717) is 44.8 Å². The Hall–Kier alpha value is -2.78. The van der Waals surface area contributed by atoms with Gasteiger partial charge in [0.1, 0.15) is 12.6 Å². The van der Waals surface area contributed by atoms with Crippen LogP contribution in [-0.4, -0.2) is 44.3 Å². The molecule has 0 bridgehead atoms. The van der Waals surface area contributed by atoms with Crippen molar-refractivity contribution in [2.75, 3.05) is 17.4 Å². The maximum absolute atomic E-state index is 14.1. The van der Waals surface area contributed by atoms with Gasteiger partial charge in [0.15, 0.2) is 0 Å². The number of sulfonamides is 1. The monoisotopic (exact) mass is 637 g/mol. The van der Waals surface area contributed by atoms with Crippen LogP contribution in [0, 0.1) is 6.92 Å². The predicted octanol–water partition coefficient (Wildman–Crippen LogP) is 6.87. The maximum Gasteiger partial charge on any atom is 0.264 e. The van der Waals surface area contributed by atoms with Gasteiger partial charge in [0, 0.05) is 18.1 Å². The third kappa shape index (κ3) is 8.38. The largest absolute Gasteiger partial charge is 0.354 e. The number of hydrogen-bond donors (Lipinski definition) is 1. The van der Waals surface area contributed by atoms with Gasteiger partial charge in [-0.25, -0.2) is 8.42 Å². The second kappa shape index (κ2) is 14.9. The number of carbonyl (C=O) groups is 2. The molecule has 0 aliphatic rings. The second-order valence-corrected chi connectivity index (χ2v) is 12.7. The highest BCUT2D eigenvalue weighted by molar-refractivity contribution is 7.92. The molecule has 0 saturated carbocycles. The molecule has 3 rings (SSSR count). The van der Waals surface area contributed by atoms with Gasteiger partial charge in [-0.2, -0.15) is 0 Å². The lowest BCUT2D eigenvalue weighted by Gasteiger charge is -2.33. The number of nitrogens with one attached hydrogen (secondary N) is 1. The molecular formula is C30H34Cl3N3O4S. The molecule has 0 fully saturated rings. The Morgan fingerprint density at radius 1 is 0.927 bits per heavy atom. The summed E-state index contributed by atoms with van der Waals surface area (Å²) < 4.78 is 28.9. The summed E-state index contributed by atoms with van der Waals surface area (Å²) in [7, 11) is -4.17. The molecule has 1 N–H and O–H groups in total. The van der Waals surface area contributed by atoms with Crippen molar-refractivity contribution in [1.82, 2.24) is 10.2 Å². The smallest absolute Gasteiger partial charge is 0.264 e. The normalized spacial score (nSPS) is 12.0. The maximum atomic E-state index is 14.1. The Morgan fingerprint density at radius 2 is 1.63 bits per heavy atom. The topological polar surface area (TPSA) is 86.8 Å². The van der Waals surface area contributed by atoms with Crippen LogP contribution in [0.25, 0.3) is 0 Å². The van der Waals surface area contributed by atoms with Crippen molar-refractivity contribution in [1.29, 1.82) is 0 Å². The summed E-state index contributed by atoms with van der Waals surface area (Å²) in [4.78, 5) is 28.8. The number of rotatable bonds is 13. The summed E-state index contributed by atoms with van der Waals surface area (Å²) in [5.74, 6) is -0.864. The van der Waals surface area contributed by atoms with Gasteiger partial charge in [0.25, 0.3) is 10.0 Å². The van der Waals surface area contributed by atoms with E-state index in [9.17, 15) is 18.0 Å². The van der Waals surface area contributed by atoms with Crippen LogP contribution in [-0.2, 0) is 26.2 Å². The van der Waals surface area contributed by atoms with Gasteiger partial charge in [-0.3, -0.25) is 13.9 Å². The zero-order valence-electron chi connectivity index (χ0n) is 23.2. The Morgan fingerprint density at radius 3 is 2.24 bits per heavy atom. The van der Waals surface area contributed by atoms with Crippen LogP contribution in [0.5, 0.6) is 0 Å². The number of unbranched alkanes of at least 4 members (excludes halogenated alkanes) is 1. The standard InChI is InChI=1S/C30H34Cl3N3O4S/c1-4-6-16-34-30(38)27(5-2)35(19-22-12-14-25(32)26(33)18-22)29(37)20-36(28-15-13-23(31)17-21(28)3)41(39,40)24-10-8-7-9-11-24/h7-15,17-18,27H,4-6,16,19-20H2,1-3H3,(H,34,38). The van der Waals surface area contributed by atoms with E-state index < -0.39 is 28.5 Å². The summed E-state index contributed by atoms with van der Waals surface area (Å²) in [5, 5.41) is 4.01. The Bertz CT molecular complexity index is 1470. The van der Waals surface area contributed by atoms with Crippen molar-refractivity contribution in [3.63, 3.8) is 0 Å². The molecule has 11 heteroatoms. The number of hydrogen-bond acceptors (Lipinski definition) is 4. The first kappa shape index (κ1) is 32.7. The Labute approximate surface area is 257 Å². The van der Waals surface area contributed by atoms with Crippen LogP contribution in [0.3, 0.4) is 0 Å². The molecule has 1 unspecified atom stereocenters. The van der Waals surface area contributed by atoms with Crippen molar-refractivity contribution >= 4 is 62.3 Å². The number of carbonyl (C=O) groups excluding carboxylic acids is 2. The highest BCUT2D eigenvalue weighted by atomic mass is 35.5. The predicted molar refractivity (Wildman–Crippen MR) is 166 cm³/mol. The van der Waals surface area contributed by atoms with E-state index in [2.05, 4.69) is 5.32 Å². The molecule has 1 atom stereocenters. The van der Waals surface area contributed by atoms with Gasteiger partial charge in [-0.05, 0) is 73.4 Å². The molecule has 3 aromatic carbocycles. The third-order valence-corrected chi connectivity index (χ3v) is 9.34. The number of nitrogens with zero attached hydrogens (tertiary/aromatic N) is 2. The Kier molecular flexibility index (Phi) is 11.9. The zero-order valence-corrected chi connectivity index (χ0v) is 26.3. The van der Waals surface area contributed by atoms with Crippen LogP contribution in [0.1, 0.15) is 44.2 Å². The summed E-state index contributed by atoms with van der Waals surface area (Å²) in [6.07, 6.45) is 2.01. The molecule has 0 aromatic heterocycles. The fourth-order valence-electron chi connectivity index (χ4n) is 4.39. The number of aryl methyl sites for hydroxylation is 1.